The third-order valence-electron chi connectivity index (χ3n) is 10.2. The summed E-state index contributed by atoms with van der Waals surface area (Å²) >= 11 is 0. The Morgan fingerprint density at radius 2 is 0.727 bits per heavy atom. The summed E-state index contributed by atoms with van der Waals surface area (Å²) in [5, 5.41) is 0. The molecular weight excluding hydrogens is 536 g/mol. The maximum atomic E-state index is 5.49. The smallest absolute Gasteiger partial charge is 0.0725 e. The molecule has 0 fully saturated rings. The molecule has 0 radical (unpaired) electrons. The van der Waals surface area contributed by atoms with Crippen LogP contribution >= 0.6 is 0 Å². The van der Waals surface area contributed by atoms with Crippen LogP contribution in [-0.4, -0.2) is 19.9 Å². The van der Waals surface area contributed by atoms with Gasteiger partial charge < -0.3 is 9.97 Å². The SMILES string of the molecule is CCC1=C(CC)c2nc1cc1nc(c(CC)c3[nH]c(cc4[nH]c(c2CC)c(CC)c4CC)c(CC)c3CC)C(CC)=C1CC. The highest BCUT2D eigenvalue weighted by atomic mass is 14.8. The molecule has 0 aromatic carbocycles. The van der Waals surface area contributed by atoms with Gasteiger partial charge in [-0.3, -0.25) is 0 Å². The Morgan fingerprint density at radius 3 is 1.02 bits per heavy atom. The van der Waals surface area contributed by atoms with Gasteiger partial charge in [-0.25, -0.2) is 9.97 Å². The van der Waals surface area contributed by atoms with Crippen molar-refractivity contribution in [2.75, 3.05) is 0 Å². The highest BCUT2D eigenvalue weighted by molar-refractivity contribution is 5.98. The standard InChI is InChI=1S/C40H54N4/c1-11-23-27(15-5)37-31(19-9)38-29(17-7)25(13-3)35(43-38)22-36-26(14-4)30(18-8)40(44-36)32(20-10)39-28(16-6)24(12-2)34(42-39)21-33(23)41-37/h21-22,41-42H,11-20H2,1-10H3. The summed E-state index contributed by atoms with van der Waals surface area (Å²) in [5.74, 6) is 0. The van der Waals surface area contributed by atoms with E-state index >= 15 is 0 Å². The number of nitrogens with zero attached hydrogens (tertiary/aromatic N) is 2. The third kappa shape index (κ3) is 4.99. The number of aromatic nitrogens is 4. The van der Waals surface area contributed by atoms with Crippen molar-refractivity contribution in [3.05, 3.63) is 68.3 Å². The van der Waals surface area contributed by atoms with Crippen LogP contribution in [0.3, 0.4) is 0 Å². The quantitative estimate of drug-likeness (QED) is 0.247. The van der Waals surface area contributed by atoms with Gasteiger partial charge in [-0.15, -0.1) is 0 Å². The molecule has 0 aliphatic carbocycles. The number of hydrogen-bond acceptors (Lipinski definition) is 2. The Balaban J connectivity index is 2.14. The van der Waals surface area contributed by atoms with Gasteiger partial charge in [0, 0.05) is 33.2 Å². The lowest BCUT2D eigenvalue weighted by atomic mass is 9.94. The Kier molecular flexibility index (Phi) is 9.68. The van der Waals surface area contributed by atoms with Crippen molar-refractivity contribution in [3.8, 4) is 0 Å². The number of aryl methyl sites for hydroxylation is 6. The summed E-state index contributed by atoms with van der Waals surface area (Å²) in [6, 6.07) is 4.73. The zero-order valence-electron chi connectivity index (χ0n) is 29.1. The van der Waals surface area contributed by atoms with Gasteiger partial charge in [0.05, 0.1) is 22.8 Å². The zero-order valence-corrected chi connectivity index (χ0v) is 29.1. The summed E-state index contributed by atoms with van der Waals surface area (Å²) in [6.07, 6.45) is 9.75. The molecule has 0 spiro atoms. The highest BCUT2D eigenvalue weighted by Gasteiger charge is 2.26. The number of hydrogen-bond donors (Lipinski definition) is 2. The molecule has 5 heterocycles. The van der Waals surface area contributed by atoms with Gasteiger partial charge in [-0.2, -0.15) is 0 Å². The summed E-state index contributed by atoms with van der Waals surface area (Å²) in [6.45, 7) is 22.9. The number of allylic oxidation sites excluding steroid dienone is 4. The van der Waals surface area contributed by atoms with Crippen LogP contribution in [0.1, 0.15) is 151 Å². The van der Waals surface area contributed by atoms with Crippen LogP contribution in [0.2, 0.25) is 0 Å². The number of fused-ring (bicyclic) bond motifs is 8. The molecule has 5 rings (SSSR count). The first-order chi connectivity index (χ1) is 21.4. The van der Waals surface area contributed by atoms with Crippen molar-refractivity contribution in [2.45, 2.75) is 133 Å². The van der Waals surface area contributed by atoms with E-state index in [1.54, 1.807) is 0 Å². The first kappa shape index (κ1) is 32.0. The molecule has 0 unspecified atom stereocenters. The fourth-order valence-corrected chi connectivity index (χ4v) is 8.14. The zero-order chi connectivity index (χ0) is 31.7. The molecular formula is C40H54N4. The first-order valence-electron chi connectivity index (χ1n) is 17.7. The first-order valence-corrected chi connectivity index (χ1v) is 17.7. The topological polar surface area (TPSA) is 57.4 Å². The second-order valence-electron chi connectivity index (χ2n) is 12.1. The number of H-pyrrole nitrogens is 2. The molecule has 3 aromatic heterocycles. The fourth-order valence-electron chi connectivity index (χ4n) is 8.14. The average molecular weight is 591 g/mol. The lowest BCUT2D eigenvalue weighted by molar-refractivity contribution is 1.05. The second kappa shape index (κ2) is 13.3. The molecule has 8 bridgehead atoms. The van der Waals surface area contributed by atoms with Crippen molar-refractivity contribution >= 4 is 44.4 Å². The van der Waals surface area contributed by atoms with Gasteiger partial charge in [0.25, 0.3) is 0 Å². The lowest BCUT2D eigenvalue weighted by Crippen LogP contribution is -1.95. The third-order valence-corrected chi connectivity index (χ3v) is 10.2. The van der Waals surface area contributed by atoms with E-state index in [9.17, 15) is 0 Å². The molecule has 2 aliphatic heterocycles. The summed E-state index contributed by atoms with van der Waals surface area (Å²) < 4.78 is 0. The van der Waals surface area contributed by atoms with E-state index in [0.717, 1.165) is 75.6 Å². The molecule has 4 nitrogen and oxygen atoms in total. The minimum absolute atomic E-state index is 0.934. The molecule has 2 N–H and O–H groups in total. The lowest BCUT2D eigenvalue weighted by Gasteiger charge is -2.08. The molecule has 0 amide bonds. The minimum Gasteiger partial charge on any atom is -0.355 e. The molecule has 4 heteroatoms. The van der Waals surface area contributed by atoms with Gasteiger partial charge >= 0.3 is 0 Å². The van der Waals surface area contributed by atoms with E-state index in [0.29, 0.717) is 0 Å². The highest BCUT2D eigenvalue weighted by Crippen LogP contribution is 2.42. The van der Waals surface area contributed by atoms with E-state index in [4.69, 9.17) is 9.97 Å². The number of nitrogens with one attached hydrogen (secondary N) is 2. The largest absolute Gasteiger partial charge is 0.355 e. The van der Waals surface area contributed by atoms with E-state index in [1.807, 2.05) is 0 Å². The van der Waals surface area contributed by atoms with Gasteiger partial charge in [-0.05, 0) is 121 Å². The molecule has 2 aliphatic rings. The van der Waals surface area contributed by atoms with E-state index < -0.39 is 0 Å². The van der Waals surface area contributed by atoms with Crippen LogP contribution in [0, 0.1) is 0 Å². The van der Waals surface area contributed by atoms with E-state index in [1.165, 1.54) is 89.1 Å². The normalized spacial score (nSPS) is 13.5. The van der Waals surface area contributed by atoms with Crippen LogP contribution in [-0.2, 0) is 38.5 Å². The Hall–Kier alpha value is -3.40. The molecule has 0 atom stereocenters. The van der Waals surface area contributed by atoms with Crippen molar-refractivity contribution in [3.63, 3.8) is 0 Å². The predicted molar refractivity (Wildman–Crippen MR) is 192 cm³/mol. The van der Waals surface area contributed by atoms with Crippen LogP contribution in [0.5, 0.6) is 0 Å². The Morgan fingerprint density at radius 1 is 0.386 bits per heavy atom. The predicted octanol–water partition coefficient (Wildman–Crippen LogP) is 11.2. The maximum absolute atomic E-state index is 5.49. The summed E-state index contributed by atoms with van der Waals surface area (Å²) in [7, 11) is 0. The number of rotatable bonds is 10. The van der Waals surface area contributed by atoms with Crippen LogP contribution < -0.4 is 0 Å². The summed E-state index contributed by atoms with van der Waals surface area (Å²) in [4.78, 5) is 19.0. The van der Waals surface area contributed by atoms with E-state index in [-0.39, 0.29) is 0 Å². The van der Waals surface area contributed by atoms with Crippen molar-refractivity contribution in [2.24, 2.45) is 0 Å². The van der Waals surface area contributed by atoms with Gasteiger partial charge in [-0.1, -0.05) is 69.2 Å². The molecule has 44 heavy (non-hydrogen) atoms. The Bertz CT molecular complexity index is 1680. The van der Waals surface area contributed by atoms with Gasteiger partial charge in [0.1, 0.15) is 0 Å². The second-order valence-corrected chi connectivity index (χ2v) is 12.1. The van der Waals surface area contributed by atoms with Crippen molar-refractivity contribution < 1.29 is 0 Å². The average Bonchev–Trinajstić information content (AvgIpc) is 3.77. The van der Waals surface area contributed by atoms with Crippen LogP contribution in [0.4, 0.5) is 0 Å². The molecule has 3 aromatic rings. The fraction of sp³-hybridized carbons (Fsp3) is 0.500. The van der Waals surface area contributed by atoms with Crippen molar-refractivity contribution in [1.82, 2.24) is 19.9 Å². The minimum atomic E-state index is 0.934. The molecule has 234 valence electrons. The van der Waals surface area contributed by atoms with E-state index in [2.05, 4.69) is 91.3 Å². The van der Waals surface area contributed by atoms with Gasteiger partial charge in [0.2, 0.25) is 0 Å². The maximum Gasteiger partial charge on any atom is 0.0725 e. The van der Waals surface area contributed by atoms with Crippen LogP contribution in [0.15, 0.2) is 12.1 Å². The van der Waals surface area contributed by atoms with Crippen LogP contribution in [0.25, 0.3) is 44.4 Å². The monoisotopic (exact) mass is 590 g/mol. The molecule has 0 saturated heterocycles. The summed E-state index contributed by atoms with van der Waals surface area (Å²) in [5.41, 5.74) is 23.6. The van der Waals surface area contributed by atoms with Crippen molar-refractivity contribution in [1.29, 1.82) is 0 Å². The van der Waals surface area contributed by atoms with Gasteiger partial charge in [0.15, 0.2) is 0 Å². The number of aromatic amines is 2. The Labute approximate surface area is 265 Å². The molecule has 0 saturated carbocycles.